The van der Waals surface area contributed by atoms with Crippen LogP contribution in [0.1, 0.15) is 56.2 Å². The summed E-state index contributed by atoms with van der Waals surface area (Å²) in [6, 6.07) is 13.5. The SMILES string of the molecule is Cc1cc2c(cc1-c1cc(C)c3ncnn3c1)[nH]c1ccc(C3CCN(C(=O)OC(C)(C)C)CC3)cc12. The number of aromatic amines is 1. The molecule has 190 valence electrons. The van der Waals surface area contributed by atoms with E-state index in [0.29, 0.717) is 5.92 Å². The summed E-state index contributed by atoms with van der Waals surface area (Å²) >= 11 is 0. The number of aryl methyl sites for hydroxylation is 2. The number of pyridine rings is 1. The molecule has 2 aromatic carbocycles. The van der Waals surface area contributed by atoms with Crippen molar-refractivity contribution >= 4 is 33.5 Å². The van der Waals surface area contributed by atoms with Crippen LogP contribution in [-0.4, -0.2) is 49.3 Å². The Labute approximate surface area is 216 Å². The Morgan fingerprint density at radius 3 is 2.51 bits per heavy atom. The summed E-state index contributed by atoms with van der Waals surface area (Å²) in [5, 5.41) is 6.83. The van der Waals surface area contributed by atoms with Crippen LogP contribution in [0.15, 0.2) is 48.9 Å². The number of nitrogens with zero attached hydrogens (tertiary/aromatic N) is 4. The fraction of sp³-hybridized carbons (Fsp3) is 0.367. The van der Waals surface area contributed by atoms with Gasteiger partial charge in [0.05, 0.1) is 0 Å². The number of hydrogen-bond acceptors (Lipinski definition) is 4. The van der Waals surface area contributed by atoms with Crippen LogP contribution in [0.4, 0.5) is 4.79 Å². The highest BCUT2D eigenvalue weighted by Gasteiger charge is 2.27. The smallest absolute Gasteiger partial charge is 0.410 e. The third kappa shape index (κ3) is 4.32. The normalized spacial score (nSPS) is 15.2. The van der Waals surface area contributed by atoms with Crippen molar-refractivity contribution in [2.75, 3.05) is 13.1 Å². The Bertz CT molecular complexity index is 1650. The lowest BCUT2D eigenvalue weighted by Gasteiger charge is -2.33. The van der Waals surface area contributed by atoms with Crippen molar-refractivity contribution in [2.24, 2.45) is 0 Å². The number of likely N-dealkylation sites (tertiary alicyclic amines) is 1. The molecule has 0 atom stereocenters. The number of carbonyl (C=O) groups is 1. The second kappa shape index (κ2) is 8.61. The van der Waals surface area contributed by atoms with Crippen molar-refractivity contribution in [3.05, 3.63) is 65.6 Å². The van der Waals surface area contributed by atoms with Crippen LogP contribution >= 0.6 is 0 Å². The van der Waals surface area contributed by atoms with Gasteiger partial charge < -0.3 is 14.6 Å². The first-order valence-electron chi connectivity index (χ1n) is 13.0. The van der Waals surface area contributed by atoms with Gasteiger partial charge in [-0.2, -0.15) is 5.10 Å². The number of benzene rings is 2. The Balaban J connectivity index is 1.29. The van der Waals surface area contributed by atoms with E-state index >= 15 is 0 Å². The Hall–Kier alpha value is -3.87. The lowest BCUT2D eigenvalue weighted by molar-refractivity contribution is 0.0205. The molecule has 1 saturated heterocycles. The maximum Gasteiger partial charge on any atom is 0.410 e. The molecule has 37 heavy (non-hydrogen) atoms. The minimum atomic E-state index is -0.464. The Morgan fingerprint density at radius 2 is 1.76 bits per heavy atom. The molecule has 0 unspecified atom stereocenters. The zero-order valence-electron chi connectivity index (χ0n) is 22.1. The van der Waals surface area contributed by atoms with Crippen molar-refractivity contribution in [3.8, 4) is 11.1 Å². The molecular formula is C30H33N5O2. The fourth-order valence-corrected chi connectivity index (χ4v) is 5.60. The predicted octanol–water partition coefficient (Wildman–Crippen LogP) is 6.76. The molecule has 0 aliphatic carbocycles. The summed E-state index contributed by atoms with van der Waals surface area (Å²) in [5.41, 5.74) is 8.68. The van der Waals surface area contributed by atoms with Crippen LogP contribution in [0.2, 0.25) is 0 Å². The van der Waals surface area contributed by atoms with Gasteiger partial charge in [0.25, 0.3) is 0 Å². The highest BCUT2D eigenvalue weighted by molar-refractivity contribution is 6.09. The lowest BCUT2D eigenvalue weighted by atomic mass is 9.88. The standard InChI is InChI=1S/C30H33N5O2/c1-18-13-24-25-14-21(20-8-10-34(11-9-20)29(36)37-30(3,4)5)6-7-26(25)33-27(24)15-23(18)22-12-19(2)28-31-17-32-35(28)16-22/h6-7,12-17,20,33H,8-11H2,1-5H3. The van der Waals surface area contributed by atoms with Gasteiger partial charge >= 0.3 is 6.09 Å². The quantitative estimate of drug-likeness (QED) is 0.293. The van der Waals surface area contributed by atoms with E-state index in [0.717, 1.165) is 53.7 Å². The molecule has 3 aromatic heterocycles. The van der Waals surface area contributed by atoms with E-state index in [1.807, 2.05) is 36.4 Å². The summed E-state index contributed by atoms with van der Waals surface area (Å²) < 4.78 is 7.41. The predicted molar refractivity (Wildman–Crippen MR) is 147 cm³/mol. The van der Waals surface area contributed by atoms with E-state index in [4.69, 9.17) is 4.74 Å². The van der Waals surface area contributed by atoms with Gasteiger partial charge in [0.15, 0.2) is 5.65 Å². The number of fused-ring (bicyclic) bond motifs is 4. The summed E-state index contributed by atoms with van der Waals surface area (Å²) in [6.07, 6.45) is 5.33. The molecule has 0 spiro atoms. The topological polar surface area (TPSA) is 75.5 Å². The van der Waals surface area contributed by atoms with Gasteiger partial charge in [-0.25, -0.2) is 14.3 Å². The average Bonchev–Trinajstić information content (AvgIpc) is 3.47. The van der Waals surface area contributed by atoms with Gasteiger partial charge in [0, 0.05) is 46.7 Å². The third-order valence-electron chi connectivity index (χ3n) is 7.46. The van der Waals surface area contributed by atoms with E-state index in [-0.39, 0.29) is 6.09 Å². The number of nitrogens with one attached hydrogen (secondary N) is 1. The van der Waals surface area contributed by atoms with Crippen LogP contribution in [0.3, 0.4) is 0 Å². The van der Waals surface area contributed by atoms with Crippen LogP contribution < -0.4 is 0 Å². The number of aromatic nitrogens is 4. The monoisotopic (exact) mass is 495 g/mol. The van der Waals surface area contributed by atoms with Gasteiger partial charge in [0.2, 0.25) is 0 Å². The molecular weight excluding hydrogens is 462 g/mol. The molecule has 4 heterocycles. The van der Waals surface area contributed by atoms with Gasteiger partial charge in [-0.3, -0.25) is 0 Å². The highest BCUT2D eigenvalue weighted by Crippen LogP contribution is 2.36. The molecule has 1 fully saturated rings. The molecule has 7 heteroatoms. The molecule has 5 aromatic rings. The Morgan fingerprint density at radius 1 is 1.00 bits per heavy atom. The largest absolute Gasteiger partial charge is 0.444 e. The molecule has 1 amide bonds. The number of rotatable bonds is 2. The van der Waals surface area contributed by atoms with Crippen LogP contribution in [-0.2, 0) is 4.74 Å². The van der Waals surface area contributed by atoms with Crippen molar-refractivity contribution in [1.29, 1.82) is 0 Å². The molecule has 0 saturated carbocycles. The summed E-state index contributed by atoms with van der Waals surface area (Å²) in [4.78, 5) is 22.3. The number of hydrogen-bond donors (Lipinski definition) is 1. The maximum atomic E-state index is 12.5. The fourth-order valence-electron chi connectivity index (χ4n) is 5.60. The number of ether oxygens (including phenoxy) is 1. The van der Waals surface area contributed by atoms with E-state index in [1.165, 1.54) is 27.5 Å². The molecule has 6 rings (SSSR count). The van der Waals surface area contributed by atoms with Crippen molar-refractivity contribution < 1.29 is 9.53 Å². The highest BCUT2D eigenvalue weighted by atomic mass is 16.6. The molecule has 1 aliphatic heterocycles. The zero-order chi connectivity index (χ0) is 25.9. The van der Waals surface area contributed by atoms with E-state index < -0.39 is 5.60 Å². The van der Waals surface area contributed by atoms with Crippen molar-refractivity contribution in [3.63, 3.8) is 0 Å². The second-order valence-electron chi connectivity index (χ2n) is 11.3. The van der Waals surface area contributed by atoms with Gasteiger partial charge in [-0.15, -0.1) is 0 Å². The van der Waals surface area contributed by atoms with Gasteiger partial charge in [-0.1, -0.05) is 6.07 Å². The minimum absolute atomic E-state index is 0.206. The lowest BCUT2D eigenvalue weighted by Crippen LogP contribution is -2.41. The van der Waals surface area contributed by atoms with E-state index in [2.05, 4.69) is 65.3 Å². The maximum absolute atomic E-state index is 12.5. The number of amides is 1. The molecule has 7 nitrogen and oxygen atoms in total. The third-order valence-corrected chi connectivity index (χ3v) is 7.46. The number of carbonyl (C=O) groups excluding carboxylic acids is 1. The van der Waals surface area contributed by atoms with Gasteiger partial charge in [-0.05, 0) is 106 Å². The first-order chi connectivity index (χ1) is 17.7. The van der Waals surface area contributed by atoms with Gasteiger partial charge in [0.1, 0.15) is 11.9 Å². The average molecular weight is 496 g/mol. The molecule has 1 aliphatic rings. The molecule has 0 radical (unpaired) electrons. The van der Waals surface area contributed by atoms with E-state index in [1.54, 1.807) is 6.33 Å². The summed E-state index contributed by atoms with van der Waals surface area (Å²) in [7, 11) is 0. The van der Waals surface area contributed by atoms with Crippen molar-refractivity contribution in [1.82, 2.24) is 24.5 Å². The summed E-state index contributed by atoms with van der Waals surface area (Å²) in [6.45, 7) is 11.4. The van der Waals surface area contributed by atoms with Crippen LogP contribution in [0, 0.1) is 13.8 Å². The van der Waals surface area contributed by atoms with Crippen LogP contribution in [0.25, 0.3) is 38.6 Å². The molecule has 1 N–H and O–H groups in total. The Kier molecular flexibility index (Phi) is 5.48. The summed E-state index contributed by atoms with van der Waals surface area (Å²) in [5.74, 6) is 0.436. The zero-order valence-corrected chi connectivity index (χ0v) is 22.1. The minimum Gasteiger partial charge on any atom is -0.444 e. The number of piperidine rings is 1. The van der Waals surface area contributed by atoms with Crippen LogP contribution in [0.5, 0.6) is 0 Å². The molecule has 0 bridgehead atoms. The second-order valence-corrected chi connectivity index (χ2v) is 11.3. The first-order valence-corrected chi connectivity index (χ1v) is 13.0. The van der Waals surface area contributed by atoms with Crippen molar-refractivity contribution in [2.45, 2.75) is 59.0 Å². The first kappa shape index (κ1) is 23.5. The number of H-pyrrole nitrogens is 1. The van der Waals surface area contributed by atoms with E-state index in [9.17, 15) is 4.79 Å².